The van der Waals surface area contributed by atoms with Crippen molar-refractivity contribution in [1.82, 2.24) is 0 Å². The summed E-state index contributed by atoms with van der Waals surface area (Å²) in [5.41, 5.74) is 0.695. The number of esters is 1. The van der Waals surface area contributed by atoms with E-state index in [0.717, 1.165) is 0 Å². The van der Waals surface area contributed by atoms with Crippen LogP contribution in [0.5, 0.6) is 5.75 Å². The van der Waals surface area contributed by atoms with E-state index in [-0.39, 0.29) is 22.7 Å². The molecule has 0 amide bonds. The molecule has 21 heavy (non-hydrogen) atoms. The lowest BCUT2D eigenvalue weighted by Gasteiger charge is -2.14. The van der Waals surface area contributed by atoms with Crippen LogP contribution in [0.4, 0.5) is 11.4 Å². The van der Waals surface area contributed by atoms with Crippen molar-refractivity contribution in [2.24, 2.45) is 0 Å². The molecule has 7 nitrogen and oxygen atoms in total. The number of nitrogens with zero attached hydrogens (tertiary/aromatic N) is 1. The number of cyclic esters (lactones) is 1. The normalized spacial score (nSPS) is 15.8. The van der Waals surface area contributed by atoms with Gasteiger partial charge in [-0.1, -0.05) is 12.1 Å². The van der Waals surface area contributed by atoms with Crippen molar-refractivity contribution in [2.75, 3.05) is 5.32 Å². The number of nitrogens with one attached hydrogen (secondary N) is 1. The first-order chi connectivity index (χ1) is 10.1. The van der Waals surface area contributed by atoms with Crippen LogP contribution in [0, 0.1) is 22.2 Å². The number of ether oxygens (including phenoxy) is 1. The first-order valence-corrected chi connectivity index (χ1v) is 5.93. The molecule has 0 unspecified atom stereocenters. The molecule has 7 heteroatoms. The molecule has 0 saturated heterocycles. The zero-order valence-electron chi connectivity index (χ0n) is 10.5. The first-order valence-electron chi connectivity index (χ1n) is 5.93. The molecule has 0 saturated carbocycles. The molecule has 0 aliphatic carbocycles. The number of phenolic OH excluding ortho intramolecular Hbond substituents is 1. The van der Waals surface area contributed by atoms with Crippen molar-refractivity contribution in [2.45, 2.75) is 6.23 Å². The monoisotopic (exact) mass is 284 g/mol. The lowest BCUT2D eigenvalue weighted by atomic mass is 10.1. The summed E-state index contributed by atoms with van der Waals surface area (Å²) >= 11 is 0. The Balaban J connectivity index is 1.93. The minimum atomic E-state index is -0.841. The molecule has 0 aromatic heterocycles. The molecule has 2 N–H and O–H groups in total. The highest BCUT2D eigenvalue weighted by molar-refractivity contribution is 5.93. The van der Waals surface area contributed by atoms with Crippen LogP contribution in [0.2, 0.25) is 0 Å². The molecule has 2 aromatic carbocycles. The van der Waals surface area contributed by atoms with E-state index in [4.69, 9.17) is 4.74 Å². The number of hydrogen-bond acceptors (Lipinski definition) is 6. The number of carbonyl (C=O) groups excluding carboxylic acids is 1. The quantitative estimate of drug-likeness (QED) is 0.387. The molecule has 3 rings (SSSR count). The van der Waals surface area contributed by atoms with Crippen LogP contribution in [0.15, 0.2) is 30.3 Å². The number of fused-ring (bicyclic) bond motifs is 1. The molecule has 0 spiro atoms. The Morgan fingerprint density at radius 3 is 2.95 bits per heavy atom. The van der Waals surface area contributed by atoms with E-state index >= 15 is 0 Å². The number of nitro groups is 1. The molecule has 0 radical (unpaired) electrons. The van der Waals surface area contributed by atoms with E-state index in [1.54, 1.807) is 12.1 Å². The molecule has 1 aliphatic heterocycles. The molecule has 1 heterocycles. The second-order valence-corrected chi connectivity index (χ2v) is 4.32. The Bertz CT molecular complexity index is 744. The number of phenols is 1. The Labute approximate surface area is 118 Å². The summed E-state index contributed by atoms with van der Waals surface area (Å²) < 4.78 is 5.11. The number of nitro benzene ring substituents is 1. The lowest BCUT2D eigenvalue weighted by Crippen LogP contribution is -2.10. The summed E-state index contributed by atoms with van der Waals surface area (Å²) in [7, 11) is 0. The molecule has 104 valence electrons. The van der Waals surface area contributed by atoms with E-state index in [1.165, 1.54) is 18.2 Å². The third-order valence-electron chi connectivity index (χ3n) is 3.02. The van der Waals surface area contributed by atoms with Gasteiger partial charge in [-0.3, -0.25) is 10.1 Å². The van der Waals surface area contributed by atoms with Gasteiger partial charge in [-0.25, -0.2) is 4.79 Å². The van der Waals surface area contributed by atoms with Crippen LogP contribution in [0.3, 0.4) is 0 Å². The van der Waals surface area contributed by atoms with E-state index in [9.17, 15) is 20.0 Å². The Morgan fingerprint density at radius 1 is 1.38 bits per heavy atom. The highest BCUT2D eigenvalue weighted by Crippen LogP contribution is 2.35. The van der Waals surface area contributed by atoms with Crippen LogP contribution in [0.25, 0.3) is 0 Å². The van der Waals surface area contributed by atoms with Crippen molar-refractivity contribution >= 4 is 17.3 Å². The average Bonchev–Trinajstić information content (AvgIpc) is 2.78. The number of carbonyl (C=O) groups is 1. The second-order valence-electron chi connectivity index (χ2n) is 4.32. The highest BCUT2D eigenvalue weighted by Gasteiger charge is 2.31. The topological polar surface area (TPSA) is 102 Å². The predicted octanol–water partition coefficient (Wildman–Crippen LogP) is 2.18. The maximum atomic E-state index is 11.6. The zero-order valence-corrected chi connectivity index (χ0v) is 10.5. The molecule has 0 fully saturated rings. The first kappa shape index (κ1) is 12.7. The second kappa shape index (κ2) is 4.68. The van der Waals surface area contributed by atoms with Crippen LogP contribution in [-0.4, -0.2) is 16.0 Å². The number of benzene rings is 1. The van der Waals surface area contributed by atoms with Gasteiger partial charge in [0.1, 0.15) is 11.3 Å². The summed E-state index contributed by atoms with van der Waals surface area (Å²) in [6.45, 7) is 0. The third kappa shape index (κ3) is 2.19. The van der Waals surface area contributed by atoms with Crippen molar-refractivity contribution in [3.63, 3.8) is 0 Å². The van der Waals surface area contributed by atoms with Gasteiger partial charge < -0.3 is 15.2 Å². The third-order valence-corrected chi connectivity index (χ3v) is 3.02. The van der Waals surface area contributed by atoms with Crippen molar-refractivity contribution in [3.8, 4) is 5.75 Å². The van der Waals surface area contributed by atoms with Gasteiger partial charge in [-0.2, -0.15) is 0 Å². The summed E-state index contributed by atoms with van der Waals surface area (Å²) in [6.07, 6.45) is -0.841. The maximum Gasteiger partial charge on any atom is 0.349 e. The van der Waals surface area contributed by atoms with Crippen molar-refractivity contribution in [3.05, 3.63) is 63.7 Å². The van der Waals surface area contributed by atoms with Gasteiger partial charge in [0.2, 0.25) is 6.23 Å². The number of hydrogen-bond donors (Lipinski definition) is 2. The van der Waals surface area contributed by atoms with Gasteiger partial charge in [0.25, 0.3) is 5.69 Å². The van der Waals surface area contributed by atoms with Crippen molar-refractivity contribution < 1.29 is 19.6 Å². The van der Waals surface area contributed by atoms with Crippen LogP contribution in [-0.2, 0) is 4.74 Å². The Kier molecular flexibility index (Phi) is 2.84. The maximum absolute atomic E-state index is 11.6. The number of non-ortho nitro benzene ring substituents is 1. The van der Waals surface area contributed by atoms with Gasteiger partial charge >= 0.3 is 5.97 Å². The lowest BCUT2D eigenvalue weighted by molar-refractivity contribution is -0.384. The fraction of sp³-hybridized carbons (Fsp3) is 0.0714. The van der Waals surface area contributed by atoms with E-state index < -0.39 is 17.1 Å². The van der Waals surface area contributed by atoms with Crippen LogP contribution in [0.1, 0.15) is 22.1 Å². The van der Waals surface area contributed by atoms with Crippen LogP contribution < -0.4 is 5.32 Å². The highest BCUT2D eigenvalue weighted by atomic mass is 16.6. The van der Waals surface area contributed by atoms with E-state index in [1.807, 2.05) is 0 Å². The van der Waals surface area contributed by atoms with Gasteiger partial charge in [0, 0.05) is 17.7 Å². The zero-order chi connectivity index (χ0) is 15.0. The summed E-state index contributed by atoms with van der Waals surface area (Å²) in [5, 5.41) is 23.3. The smallest absolute Gasteiger partial charge is 0.349 e. The molecule has 1 aliphatic rings. The molecule has 1 atom stereocenters. The molecular formula is C14H8N2O5. The van der Waals surface area contributed by atoms with E-state index in [2.05, 4.69) is 17.4 Å². The van der Waals surface area contributed by atoms with Gasteiger partial charge in [0.05, 0.1) is 10.6 Å². The SMILES string of the molecule is O=C1O[C@H](Nc2cc([N+](=O)[O-])ccc2O)c2ccc#cc21. The summed E-state index contributed by atoms with van der Waals surface area (Å²) in [5.74, 6) is -0.749. The largest absolute Gasteiger partial charge is 0.506 e. The van der Waals surface area contributed by atoms with Crippen LogP contribution >= 0.6 is 0 Å². The number of rotatable bonds is 3. The van der Waals surface area contributed by atoms with Gasteiger partial charge in [-0.05, 0) is 18.2 Å². The predicted molar refractivity (Wildman–Crippen MR) is 70.7 cm³/mol. The minimum Gasteiger partial charge on any atom is -0.506 e. The Hall–Kier alpha value is -3.27. The van der Waals surface area contributed by atoms with Gasteiger partial charge in [-0.15, -0.1) is 0 Å². The molecule has 0 bridgehead atoms. The standard InChI is InChI=1S/C14H8N2O5/c17-12-6-5-8(16(19)20)7-11(12)15-13-9-3-1-2-4-10(9)14(18)21-13/h1,3,5-7,13,15,17H/t13-/m0/s1. The Morgan fingerprint density at radius 2 is 2.19 bits per heavy atom. The minimum absolute atomic E-state index is 0.0997. The number of anilines is 1. The van der Waals surface area contributed by atoms with Crippen molar-refractivity contribution in [1.29, 1.82) is 0 Å². The fourth-order valence-corrected chi connectivity index (χ4v) is 2.02. The summed E-state index contributed by atoms with van der Waals surface area (Å²) in [4.78, 5) is 21.8. The average molecular weight is 284 g/mol. The molecule has 2 aromatic rings. The van der Waals surface area contributed by atoms with Gasteiger partial charge in [0.15, 0.2) is 0 Å². The number of aromatic hydroxyl groups is 1. The fourth-order valence-electron chi connectivity index (χ4n) is 2.02. The molecular weight excluding hydrogens is 276 g/mol. The van der Waals surface area contributed by atoms with E-state index in [0.29, 0.717) is 5.56 Å². The summed E-state index contributed by atoms with van der Waals surface area (Å²) in [6, 6.07) is 12.0.